The molecule has 9 heteroatoms. The van der Waals surface area contributed by atoms with Crippen LogP contribution in [0.15, 0.2) is 36.4 Å². The molecule has 0 unspecified atom stereocenters. The number of aromatic nitrogens is 2. The van der Waals surface area contributed by atoms with Gasteiger partial charge < -0.3 is 9.80 Å². The molecule has 0 bridgehead atoms. The Bertz CT molecular complexity index is 1360. The predicted octanol–water partition coefficient (Wildman–Crippen LogP) is 4.84. The summed E-state index contributed by atoms with van der Waals surface area (Å²) in [6.07, 6.45) is 2.22. The second kappa shape index (κ2) is 9.36. The highest BCUT2D eigenvalue weighted by Gasteiger charge is 2.44. The molecule has 5 rings (SSSR count). The molecule has 2 saturated heterocycles. The minimum Gasteiger partial charge on any atom is -0.345 e. The van der Waals surface area contributed by atoms with Crippen molar-refractivity contribution in [3.05, 3.63) is 53.3 Å². The van der Waals surface area contributed by atoms with Gasteiger partial charge >= 0.3 is 6.03 Å². The molecular formula is C27H28N6O2S. The van der Waals surface area contributed by atoms with Gasteiger partial charge in [-0.3, -0.25) is 15.1 Å². The number of hydrogen-bond acceptors (Lipinski definition) is 6. The monoisotopic (exact) mass is 500 g/mol. The largest absolute Gasteiger partial charge is 0.345 e. The molecule has 0 aliphatic carbocycles. The first kappa shape index (κ1) is 23.9. The molecule has 2 aliphatic rings. The molecular weight excluding hydrogens is 472 g/mol. The van der Waals surface area contributed by atoms with Crippen molar-refractivity contribution in [1.82, 2.24) is 19.8 Å². The van der Waals surface area contributed by atoms with Crippen LogP contribution >= 0.6 is 11.3 Å². The number of pyridine rings is 1. The van der Waals surface area contributed by atoms with E-state index in [0.717, 1.165) is 52.5 Å². The SMILES string of the molecule is Cc1cc(-c2sc(NC(=O)N3CCC4(CC3)CC(=O)N(C)C4)nc2-c2cccc(C#N)c2)cc(C)n1. The summed E-state index contributed by atoms with van der Waals surface area (Å²) >= 11 is 1.42. The van der Waals surface area contributed by atoms with Crippen LogP contribution in [0.4, 0.5) is 9.93 Å². The Morgan fingerprint density at radius 1 is 1.11 bits per heavy atom. The standard InChI is InChI=1S/C27H28N6O2S/c1-17-11-21(12-18(2)29-17)24-23(20-6-4-5-19(13-20)15-28)30-25(36-24)31-26(35)33-9-7-27(8-10-33)14-22(34)32(3)16-27/h4-6,11-13H,7-10,14,16H2,1-3H3,(H,30,31,35). The van der Waals surface area contributed by atoms with E-state index in [1.165, 1.54) is 11.3 Å². The highest BCUT2D eigenvalue weighted by molar-refractivity contribution is 7.19. The molecule has 2 aliphatic heterocycles. The number of nitrogens with zero attached hydrogens (tertiary/aromatic N) is 5. The van der Waals surface area contributed by atoms with E-state index in [1.807, 2.05) is 56.1 Å². The fraction of sp³-hybridized carbons (Fsp3) is 0.370. The van der Waals surface area contributed by atoms with Gasteiger partial charge in [0, 0.05) is 55.5 Å². The lowest BCUT2D eigenvalue weighted by molar-refractivity contribution is -0.126. The maximum absolute atomic E-state index is 13.2. The molecule has 3 amide bonds. The van der Waals surface area contributed by atoms with Gasteiger partial charge in [-0.25, -0.2) is 9.78 Å². The van der Waals surface area contributed by atoms with E-state index in [1.54, 1.807) is 11.0 Å². The number of benzene rings is 1. The number of piperidine rings is 1. The number of carbonyl (C=O) groups excluding carboxylic acids is 2. The van der Waals surface area contributed by atoms with E-state index in [4.69, 9.17) is 4.98 Å². The summed E-state index contributed by atoms with van der Waals surface area (Å²) in [6.45, 7) is 5.91. The van der Waals surface area contributed by atoms with Crippen LogP contribution in [0, 0.1) is 30.6 Å². The van der Waals surface area contributed by atoms with E-state index >= 15 is 0 Å². The molecule has 2 aromatic heterocycles. The number of rotatable bonds is 3. The van der Waals surface area contributed by atoms with Gasteiger partial charge in [-0.05, 0) is 56.5 Å². The third kappa shape index (κ3) is 4.69. The van der Waals surface area contributed by atoms with Gasteiger partial charge in [0.1, 0.15) is 0 Å². The zero-order valence-corrected chi connectivity index (χ0v) is 21.5. The van der Waals surface area contributed by atoms with Crippen molar-refractivity contribution in [3.63, 3.8) is 0 Å². The molecule has 4 heterocycles. The molecule has 3 aromatic rings. The van der Waals surface area contributed by atoms with Crippen molar-refractivity contribution < 1.29 is 9.59 Å². The summed E-state index contributed by atoms with van der Waals surface area (Å²) in [4.78, 5) is 39.0. The quantitative estimate of drug-likeness (QED) is 0.555. The minimum atomic E-state index is -0.178. The first-order valence-electron chi connectivity index (χ1n) is 12.0. The predicted molar refractivity (Wildman–Crippen MR) is 139 cm³/mol. The second-order valence-electron chi connectivity index (χ2n) is 9.87. The van der Waals surface area contributed by atoms with Crippen molar-refractivity contribution in [1.29, 1.82) is 5.26 Å². The highest BCUT2D eigenvalue weighted by atomic mass is 32.1. The Kier molecular flexibility index (Phi) is 6.22. The zero-order chi connectivity index (χ0) is 25.4. The smallest absolute Gasteiger partial charge is 0.323 e. The molecule has 1 spiro atoms. The van der Waals surface area contributed by atoms with Crippen molar-refractivity contribution in [2.24, 2.45) is 5.41 Å². The lowest BCUT2D eigenvalue weighted by Gasteiger charge is -2.38. The van der Waals surface area contributed by atoms with Crippen LogP contribution in [0.25, 0.3) is 21.7 Å². The van der Waals surface area contributed by atoms with Crippen molar-refractivity contribution in [3.8, 4) is 27.8 Å². The van der Waals surface area contributed by atoms with Crippen LogP contribution in [-0.4, -0.2) is 58.4 Å². The van der Waals surface area contributed by atoms with Crippen LogP contribution in [-0.2, 0) is 4.79 Å². The lowest BCUT2D eigenvalue weighted by atomic mass is 9.78. The number of likely N-dealkylation sites (tertiary alicyclic amines) is 2. The number of carbonyl (C=O) groups is 2. The van der Waals surface area contributed by atoms with Crippen molar-refractivity contribution in [2.75, 3.05) is 32.0 Å². The van der Waals surface area contributed by atoms with Crippen molar-refractivity contribution >= 4 is 28.4 Å². The van der Waals surface area contributed by atoms with Crippen LogP contribution in [0.2, 0.25) is 0 Å². The number of aryl methyl sites for hydroxylation is 2. The van der Waals surface area contributed by atoms with E-state index in [2.05, 4.69) is 16.4 Å². The second-order valence-corrected chi connectivity index (χ2v) is 10.9. The summed E-state index contributed by atoms with van der Waals surface area (Å²) in [5.74, 6) is 0.192. The molecule has 0 radical (unpaired) electrons. The summed E-state index contributed by atoms with van der Waals surface area (Å²) in [7, 11) is 1.85. The van der Waals surface area contributed by atoms with Gasteiger partial charge in [-0.1, -0.05) is 23.5 Å². The van der Waals surface area contributed by atoms with E-state index < -0.39 is 0 Å². The van der Waals surface area contributed by atoms with E-state index in [-0.39, 0.29) is 17.4 Å². The van der Waals surface area contributed by atoms with Gasteiger partial charge in [0.15, 0.2) is 5.13 Å². The summed E-state index contributed by atoms with van der Waals surface area (Å²) < 4.78 is 0. The van der Waals surface area contributed by atoms with Gasteiger partial charge in [-0.2, -0.15) is 5.26 Å². The summed E-state index contributed by atoms with van der Waals surface area (Å²) in [5.41, 5.74) is 4.87. The number of hydrogen-bond donors (Lipinski definition) is 1. The van der Waals surface area contributed by atoms with Gasteiger partial charge in [0.25, 0.3) is 0 Å². The van der Waals surface area contributed by atoms with Gasteiger partial charge in [0.05, 0.1) is 22.2 Å². The number of nitrogens with one attached hydrogen (secondary N) is 1. The Morgan fingerprint density at radius 2 is 1.83 bits per heavy atom. The van der Waals surface area contributed by atoms with Gasteiger partial charge in [0.2, 0.25) is 5.91 Å². The van der Waals surface area contributed by atoms with E-state index in [0.29, 0.717) is 30.2 Å². The molecule has 184 valence electrons. The fourth-order valence-corrected chi connectivity index (χ4v) is 6.22. The molecule has 2 fully saturated rings. The van der Waals surface area contributed by atoms with Gasteiger partial charge in [-0.15, -0.1) is 0 Å². The first-order chi connectivity index (χ1) is 17.2. The zero-order valence-electron chi connectivity index (χ0n) is 20.7. The number of anilines is 1. The topological polar surface area (TPSA) is 102 Å². The summed E-state index contributed by atoms with van der Waals surface area (Å²) in [5, 5.41) is 12.9. The number of urea groups is 1. The van der Waals surface area contributed by atoms with Crippen LogP contribution in [0.1, 0.15) is 36.2 Å². The first-order valence-corrected chi connectivity index (χ1v) is 12.8. The Morgan fingerprint density at radius 3 is 2.47 bits per heavy atom. The molecule has 1 N–H and O–H groups in total. The third-order valence-electron chi connectivity index (χ3n) is 7.09. The molecule has 36 heavy (non-hydrogen) atoms. The molecule has 0 atom stereocenters. The minimum absolute atomic E-state index is 0.00699. The number of thiazole rings is 1. The Labute approximate surface area is 214 Å². The highest BCUT2D eigenvalue weighted by Crippen LogP contribution is 2.42. The van der Waals surface area contributed by atoms with Crippen LogP contribution in [0.3, 0.4) is 0 Å². The molecule has 1 aromatic carbocycles. The van der Waals surface area contributed by atoms with E-state index in [9.17, 15) is 14.9 Å². The Hall–Kier alpha value is -3.77. The molecule has 0 saturated carbocycles. The summed E-state index contributed by atoms with van der Waals surface area (Å²) in [6, 6.07) is 13.4. The van der Waals surface area contributed by atoms with Crippen molar-refractivity contribution in [2.45, 2.75) is 33.1 Å². The maximum Gasteiger partial charge on any atom is 0.323 e. The normalized spacial score (nSPS) is 16.9. The van der Waals surface area contributed by atoms with Crippen LogP contribution in [0.5, 0.6) is 0 Å². The third-order valence-corrected chi connectivity index (χ3v) is 8.11. The Balaban J connectivity index is 1.40. The average molecular weight is 501 g/mol. The fourth-order valence-electron chi connectivity index (χ4n) is 5.26. The lowest BCUT2D eigenvalue weighted by Crippen LogP contribution is -2.45. The average Bonchev–Trinajstić information content (AvgIpc) is 3.39. The number of nitriles is 1. The van der Waals surface area contributed by atoms with Crippen LogP contribution < -0.4 is 5.32 Å². The molecule has 8 nitrogen and oxygen atoms in total. The number of amides is 3. The maximum atomic E-state index is 13.2.